The molecule has 1 N–H and O–H groups in total. The van der Waals surface area contributed by atoms with Crippen LogP contribution in [0.4, 0.5) is 0 Å². The van der Waals surface area contributed by atoms with Gasteiger partial charge in [0.15, 0.2) is 0 Å². The van der Waals surface area contributed by atoms with Crippen LogP contribution in [0.3, 0.4) is 0 Å². The summed E-state index contributed by atoms with van der Waals surface area (Å²) in [5, 5.41) is 3.81. The molecule has 2 rings (SSSR count). The van der Waals surface area contributed by atoms with Gasteiger partial charge in [0.2, 0.25) is 5.91 Å². The zero-order valence-electron chi connectivity index (χ0n) is 13.7. The SMILES string of the molecule is COc1ccc(CC(=O)NC(c2ccc(Cl)cc2)C(C)C)cc1. The van der Waals surface area contributed by atoms with E-state index in [2.05, 4.69) is 19.2 Å². The molecule has 2 aromatic carbocycles. The van der Waals surface area contributed by atoms with E-state index in [1.54, 1.807) is 7.11 Å². The summed E-state index contributed by atoms with van der Waals surface area (Å²) < 4.78 is 5.13. The van der Waals surface area contributed by atoms with Crippen LogP contribution in [-0.4, -0.2) is 13.0 Å². The molecule has 0 heterocycles. The molecule has 0 aromatic heterocycles. The van der Waals surface area contributed by atoms with E-state index in [1.165, 1.54) is 0 Å². The van der Waals surface area contributed by atoms with Crippen molar-refractivity contribution in [2.45, 2.75) is 26.3 Å². The average Bonchev–Trinajstić information content (AvgIpc) is 2.54. The molecule has 3 nitrogen and oxygen atoms in total. The predicted octanol–water partition coefficient (Wildman–Crippen LogP) is 4.40. The minimum absolute atomic E-state index is 0.00353. The van der Waals surface area contributed by atoms with E-state index in [4.69, 9.17) is 16.3 Å². The summed E-state index contributed by atoms with van der Waals surface area (Å²) in [6.07, 6.45) is 0.348. The highest BCUT2D eigenvalue weighted by molar-refractivity contribution is 6.30. The van der Waals surface area contributed by atoms with E-state index in [9.17, 15) is 4.79 Å². The third kappa shape index (κ3) is 5.00. The minimum Gasteiger partial charge on any atom is -0.497 e. The van der Waals surface area contributed by atoms with Crippen molar-refractivity contribution in [1.29, 1.82) is 0 Å². The summed E-state index contributed by atoms with van der Waals surface area (Å²) in [5.41, 5.74) is 2.02. The van der Waals surface area contributed by atoms with E-state index in [0.717, 1.165) is 16.9 Å². The van der Waals surface area contributed by atoms with Crippen LogP contribution in [0.25, 0.3) is 0 Å². The highest BCUT2D eigenvalue weighted by atomic mass is 35.5. The van der Waals surface area contributed by atoms with Crippen molar-refractivity contribution in [2.24, 2.45) is 5.92 Å². The van der Waals surface area contributed by atoms with Gasteiger partial charge in [-0.2, -0.15) is 0 Å². The van der Waals surface area contributed by atoms with Crippen LogP contribution >= 0.6 is 11.6 Å². The van der Waals surface area contributed by atoms with Crippen molar-refractivity contribution in [3.8, 4) is 5.75 Å². The Bertz CT molecular complexity index is 635. The molecule has 0 saturated carbocycles. The smallest absolute Gasteiger partial charge is 0.224 e. The van der Waals surface area contributed by atoms with Gasteiger partial charge in [0.1, 0.15) is 5.75 Å². The summed E-state index contributed by atoms with van der Waals surface area (Å²) in [6.45, 7) is 4.18. The van der Waals surface area contributed by atoms with Crippen LogP contribution in [0.5, 0.6) is 5.75 Å². The molecule has 2 aromatic rings. The number of hydrogen-bond acceptors (Lipinski definition) is 2. The minimum atomic E-state index is -0.0296. The van der Waals surface area contributed by atoms with Crippen molar-refractivity contribution in [3.05, 3.63) is 64.7 Å². The van der Waals surface area contributed by atoms with Gasteiger partial charge in [-0.25, -0.2) is 0 Å². The van der Waals surface area contributed by atoms with Crippen molar-refractivity contribution >= 4 is 17.5 Å². The Morgan fingerprint density at radius 1 is 1.09 bits per heavy atom. The summed E-state index contributed by atoms with van der Waals surface area (Å²) in [6, 6.07) is 15.1. The number of methoxy groups -OCH3 is 1. The average molecular weight is 332 g/mol. The Hall–Kier alpha value is -2.00. The van der Waals surface area contributed by atoms with E-state index in [0.29, 0.717) is 11.4 Å². The number of hydrogen-bond donors (Lipinski definition) is 1. The number of rotatable bonds is 6. The number of amides is 1. The molecule has 0 fully saturated rings. The number of ether oxygens (including phenoxy) is 1. The topological polar surface area (TPSA) is 38.3 Å². The van der Waals surface area contributed by atoms with Gasteiger partial charge in [0.05, 0.1) is 19.6 Å². The largest absolute Gasteiger partial charge is 0.497 e. The van der Waals surface area contributed by atoms with Crippen molar-refractivity contribution in [1.82, 2.24) is 5.32 Å². The van der Waals surface area contributed by atoms with E-state index >= 15 is 0 Å². The van der Waals surface area contributed by atoms with Gasteiger partial charge in [0, 0.05) is 5.02 Å². The van der Waals surface area contributed by atoms with Crippen molar-refractivity contribution in [2.75, 3.05) is 7.11 Å². The molecule has 0 radical (unpaired) electrons. The lowest BCUT2D eigenvalue weighted by molar-refractivity contribution is -0.121. The fourth-order valence-corrected chi connectivity index (χ4v) is 2.58. The van der Waals surface area contributed by atoms with E-state index in [-0.39, 0.29) is 17.9 Å². The Morgan fingerprint density at radius 2 is 1.70 bits per heavy atom. The van der Waals surface area contributed by atoms with Gasteiger partial charge in [-0.15, -0.1) is 0 Å². The fourth-order valence-electron chi connectivity index (χ4n) is 2.46. The molecule has 0 aliphatic carbocycles. The lowest BCUT2D eigenvalue weighted by Gasteiger charge is -2.23. The molecular formula is C19H22ClNO2. The standard InChI is InChI=1S/C19H22ClNO2/c1-13(2)19(15-6-8-16(20)9-7-15)21-18(22)12-14-4-10-17(23-3)11-5-14/h4-11,13,19H,12H2,1-3H3,(H,21,22). The summed E-state index contributed by atoms with van der Waals surface area (Å²) in [4.78, 5) is 12.4. The van der Waals surface area contributed by atoms with Crippen LogP contribution < -0.4 is 10.1 Å². The Labute approximate surface area is 142 Å². The number of benzene rings is 2. The molecule has 1 atom stereocenters. The van der Waals surface area contributed by atoms with E-state index < -0.39 is 0 Å². The van der Waals surface area contributed by atoms with Gasteiger partial charge < -0.3 is 10.1 Å². The first kappa shape index (κ1) is 17.4. The monoisotopic (exact) mass is 331 g/mol. The second-order valence-electron chi connectivity index (χ2n) is 5.87. The third-order valence-electron chi connectivity index (χ3n) is 3.74. The maximum atomic E-state index is 12.4. The molecule has 1 amide bonds. The summed E-state index contributed by atoms with van der Waals surface area (Å²) in [7, 11) is 1.63. The summed E-state index contributed by atoms with van der Waals surface area (Å²) >= 11 is 5.94. The molecule has 23 heavy (non-hydrogen) atoms. The fraction of sp³-hybridized carbons (Fsp3) is 0.316. The molecule has 0 aliphatic rings. The van der Waals surface area contributed by atoms with Crippen LogP contribution in [0, 0.1) is 5.92 Å². The van der Waals surface area contributed by atoms with Gasteiger partial charge in [0.25, 0.3) is 0 Å². The first-order valence-electron chi connectivity index (χ1n) is 7.67. The number of carbonyl (C=O) groups is 1. The van der Waals surface area contributed by atoms with Gasteiger partial charge in [-0.05, 0) is 41.3 Å². The highest BCUT2D eigenvalue weighted by Crippen LogP contribution is 2.23. The molecule has 4 heteroatoms. The Morgan fingerprint density at radius 3 is 2.22 bits per heavy atom. The second kappa shape index (κ2) is 8.02. The second-order valence-corrected chi connectivity index (χ2v) is 6.30. The predicted molar refractivity (Wildman–Crippen MR) is 93.9 cm³/mol. The zero-order valence-corrected chi connectivity index (χ0v) is 14.4. The maximum Gasteiger partial charge on any atom is 0.224 e. The van der Waals surface area contributed by atoms with Crippen molar-refractivity contribution in [3.63, 3.8) is 0 Å². The highest BCUT2D eigenvalue weighted by Gasteiger charge is 2.18. The van der Waals surface area contributed by atoms with Gasteiger partial charge in [-0.3, -0.25) is 4.79 Å². The van der Waals surface area contributed by atoms with Crippen LogP contribution in [0.15, 0.2) is 48.5 Å². The molecule has 0 aliphatic heterocycles. The normalized spacial score (nSPS) is 12.0. The first-order valence-corrected chi connectivity index (χ1v) is 8.05. The number of carbonyl (C=O) groups excluding carboxylic acids is 1. The maximum absolute atomic E-state index is 12.4. The van der Waals surface area contributed by atoms with Crippen LogP contribution in [-0.2, 0) is 11.2 Å². The quantitative estimate of drug-likeness (QED) is 0.851. The third-order valence-corrected chi connectivity index (χ3v) is 3.99. The molecule has 0 bridgehead atoms. The zero-order chi connectivity index (χ0) is 16.8. The first-order chi connectivity index (χ1) is 11.0. The summed E-state index contributed by atoms with van der Waals surface area (Å²) in [5.74, 6) is 1.08. The molecule has 1 unspecified atom stereocenters. The number of nitrogens with one attached hydrogen (secondary N) is 1. The molecular weight excluding hydrogens is 310 g/mol. The molecule has 0 spiro atoms. The molecule has 0 saturated heterocycles. The Balaban J connectivity index is 2.04. The lowest BCUT2D eigenvalue weighted by atomic mass is 9.95. The van der Waals surface area contributed by atoms with E-state index in [1.807, 2.05) is 48.5 Å². The Kier molecular flexibility index (Phi) is 6.05. The van der Waals surface area contributed by atoms with Crippen LogP contribution in [0.1, 0.15) is 31.0 Å². The number of halogens is 1. The van der Waals surface area contributed by atoms with Crippen molar-refractivity contribution < 1.29 is 9.53 Å². The van der Waals surface area contributed by atoms with Gasteiger partial charge in [-0.1, -0.05) is 49.7 Å². The van der Waals surface area contributed by atoms with Crippen LogP contribution in [0.2, 0.25) is 5.02 Å². The molecule has 122 valence electrons. The van der Waals surface area contributed by atoms with Gasteiger partial charge >= 0.3 is 0 Å². The lowest BCUT2D eigenvalue weighted by Crippen LogP contribution is -2.32.